The molecule has 0 saturated carbocycles. The molecule has 0 bridgehead atoms. The van der Waals surface area contributed by atoms with Crippen molar-refractivity contribution in [3.63, 3.8) is 0 Å². The number of carbonyl (C=O) groups is 1. The van der Waals surface area contributed by atoms with Crippen LogP contribution in [0.4, 0.5) is 5.13 Å². The van der Waals surface area contributed by atoms with Crippen molar-refractivity contribution < 1.29 is 4.79 Å². The Hall–Kier alpha value is -2.54. The molecule has 3 heterocycles. The normalized spacial score (nSPS) is 13.7. The molecule has 1 aliphatic carbocycles. The molecule has 23 heavy (non-hydrogen) atoms. The van der Waals surface area contributed by atoms with Crippen molar-refractivity contribution in [2.24, 2.45) is 0 Å². The summed E-state index contributed by atoms with van der Waals surface area (Å²) in [5.41, 5.74) is 1.22. The van der Waals surface area contributed by atoms with Gasteiger partial charge in [-0.2, -0.15) is 0 Å². The first kappa shape index (κ1) is 14.1. The van der Waals surface area contributed by atoms with E-state index in [1.807, 2.05) is 0 Å². The van der Waals surface area contributed by atoms with Gasteiger partial charge in [-0.15, -0.1) is 11.3 Å². The van der Waals surface area contributed by atoms with E-state index in [2.05, 4.69) is 15.3 Å². The molecule has 4 rings (SSSR count). The maximum atomic E-state index is 12.4. The Morgan fingerprint density at radius 1 is 1.26 bits per heavy atom. The smallest absolute Gasteiger partial charge is 0.270 e. The number of thiazole rings is 1. The highest BCUT2D eigenvalue weighted by Crippen LogP contribution is 2.29. The zero-order chi connectivity index (χ0) is 15.8. The van der Waals surface area contributed by atoms with Gasteiger partial charge < -0.3 is 0 Å². The second kappa shape index (κ2) is 5.58. The highest BCUT2D eigenvalue weighted by Gasteiger charge is 2.18. The minimum Gasteiger partial charge on any atom is -0.298 e. The van der Waals surface area contributed by atoms with Crippen LogP contribution in [0.3, 0.4) is 0 Å². The number of pyridine rings is 1. The maximum absolute atomic E-state index is 12.4. The van der Waals surface area contributed by atoms with E-state index in [4.69, 9.17) is 0 Å². The van der Waals surface area contributed by atoms with Crippen molar-refractivity contribution in [3.05, 3.63) is 57.1 Å². The molecular formula is C16H14N4O2S. The van der Waals surface area contributed by atoms with Crippen LogP contribution < -0.4 is 10.9 Å². The summed E-state index contributed by atoms with van der Waals surface area (Å²) in [6.45, 7) is 0. The van der Waals surface area contributed by atoms with Crippen LogP contribution in [0.25, 0.3) is 5.65 Å². The molecule has 3 aromatic heterocycles. The first-order valence-corrected chi connectivity index (χ1v) is 8.30. The van der Waals surface area contributed by atoms with Gasteiger partial charge in [0.25, 0.3) is 11.5 Å². The van der Waals surface area contributed by atoms with E-state index < -0.39 is 5.91 Å². The fraction of sp³-hybridized carbons (Fsp3) is 0.250. The molecule has 0 radical (unpaired) electrons. The molecule has 0 saturated heterocycles. The van der Waals surface area contributed by atoms with Gasteiger partial charge in [0.2, 0.25) is 0 Å². The topological polar surface area (TPSA) is 76.4 Å². The van der Waals surface area contributed by atoms with E-state index in [0.717, 1.165) is 25.0 Å². The van der Waals surface area contributed by atoms with Gasteiger partial charge in [-0.05, 0) is 37.8 Å². The van der Waals surface area contributed by atoms with E-state index in [0.29, 0.717) is 10.8 Å². The summed E-state index contributed by atoms with van der Waals surface area (Å²) in [5.74, 6) is -0.466. The molecule has 0 unspecified atom stereocenters. The van der Waals surface area contributed by atoms with Crippen molar-refractivity contribution in [3.8, 4) is 0 Å². The summed E-state index contributed by atoms with van der Waals surface area (Å²) in [7, 11) is 0. The third-order valence-corrected chi connectivity index (χ3v) is 5.00. The summed E-state index contributed by atoms with van der Waals surface area (Å²) in [6, 6.07) is 5.24. The number of fused-ring (bicyclic) bond motifs is 2. The summed E-state index contributed by atoms with van der Waals surface area (Å²) < 4.78 is 1.36. The zero-order valence-corrected chi connectivity index (χ0v) is 13.1. The van der Waals surface area contributed by atoms with Crippen LogP contribution in [-0.2, 0) is 12.8 Å². The van der Waals surface area contributed by atoms with E-state index in [9.17, 15) is 9.59 Å². The highest BCUT2D eigenvalue weighted by atomic mass is 32.1. The SMILES string of the molecule is O=C(Nc1nc2c(s1)CCCC2)c1cnc2ccccn2c1=O. The Labute approximate surface area is 135 Å². The van der Waals surface area contributed by atoms with Gasteiger partial charge >= 0.3 is 0 Å². The van der Waals surface area contributed by atoms with Crippen molar-refractivity contribution in [2.75, 3.05) is 5.32 Å². The van der Waals surface area contributed by atoms with Gasteiger partial charge in [0.15, 0.2) is 5.13 Å². The summed E-state index contributed by atoms with van der Waals surface area (Å²) in [5, 5.41) is 3.29. The number of rotatable bonds is 2. The predicted octanol–water partition coefficient (Wildman–Crippen LogP) is 2.28. The number of hydrogen-bond acceptors (Lipinski definition) is 5. The van der Waals surface area contributed by atoms with Gasteiger partial charge in [0.05, 0.1) is 5.69 Å². The fourth-order valence-electron chi connectivity index (χ4n) is 2.75. The maximum Gasteiger partial charge on any atom is 0.270 e. The molecule has 0 aliphatic heterocycles. The summed E-state index contributed by atoms with van der Waals surface area (Å²) >= 11 is 1.50. The van der Waals surface area contributed by atoms with Crippen molar-refractivity contribution in [1.29, 1.82) is 0 Å². The lowest BCUT2D eigenvalue weighted by molar-refractivity contribution is 0.102. The number of nitrogens with zero attached hydrogens (tertiary/aromatic N) is 3. The zero-order valence-electron chi connectivity index (χ0n) is 12.3. The van der Waals surface area contributed by atoms with E-state index in [1.165, 1.54) is 33.2 Å². The molecule has 0 atom stereocenters. The Bertz CT molecular complexity index is 937. The first-order valence-electron chi connectivity index (χ1n) is 7.49. The van der Waals surface area contributed by atoms with Gasteiger partial charge in [0.1, 0.15) is 11.2 Å². The molecule has 0 fully saturated rings. The van der Waals surface area contributed by atoms with Gasteiger partial charge in [0, 0.05) is 17.3 Å². The second-order valence-corrected chi connectivity index (χ2v) is 6.54. The number of amides is 1. The molecule has 1 N–H and O–H groups in total. The number of nitrogens with one attached hydrogen (secondary N) is 1. The van der Waals surface area contributed by atoms with Crippen LogP contribution in [0.5, 0.6) is 0 Å². The molecule has 0 aromatic carbocycles. The molecule has 1 aliphatic rings. The summed E-state index contributed by atoms with van der Waals surface area (Å²) in [4.78, 5) is 34.6. The monoisotopic (exact) mass is 326 g/mol. The van der Waals surface area contributed by atoms with Gasteiger partial charge in [-0.3, -0.25) is 19.3 Å². The third-order valence-electron chi connectivity index (χ3n) is 3.92. The number of carbonyl (C=O) groups excluding carboxylic acids is 1. The fourth-order valence-corrected chi connectivity index (χ4v) is 3.80. The lowest BCUT2D eigenvalue weighted by atomic mass is 10.0. The lowest BCUT2D eigenvalue weighted by Crippen LogP contribution is -2.26. The van der Waals surface area contributed by atoms with Gasteiger partial charge in [-0.25, -0.2) is 9.97 Å². The van der Waals surface area contributed by atoms with Crippen LogP contribution in [0.1, 0.15) is 33.8 Å². The average molecular weight is 326 g/mol. The van der Waals surface area contributed by atoms with Crippen LogP contribution in [0.2, 0.25) is 0 Å². The Morgan fingerprint density at radius 2 is 2.13 bits per heavy atom. The minimum atomic E-state index is -0.466. The molecule has 0 spiro atoms. The number of hydrogen-bond donors (Lipinski definition) is 1. The number of aromatic nitrogens is 3. The van der Waals surface area contributed by atoms with Crippen LogP contribution >= 0.6 is 11.3 Å². The Balaban J connectivity index is 1.65. The van der Waals surface area contributed by atoms with Crippen LogP contribution in [0.15, 0.2) is 35.4 Å². The van der Waals surface area contributed by atoms with Crippen molar-refractivity contribution in [1.82, 2.24) is 14.4 Å². The lowest BCUT2D eigenvalue weighted by Gasteiger charge is -2.06. The van der Waals surface area contributed by atoms with E-state index in [1.54, 1.807) is 24.4 Å². The Morgan fingerprint density at radius 3 is 3.00 bits per heavy atom. The van der Waals surface area contributed by atoms with E-state index >= 15 is 0 Å². The largest absolute Gasteiger partial charge is 0.298 e. The van der Waals surface area contributed by atoms with Crippen molar-refractivity contribution >= 4 is 28.0 Å². The Kier molecular flexibility index (Phi) is 3.42. The summed E-state index contributed by atoms with van der Waals surface area (Å²) in [6.07, 6.45) is 7.20. The molecule has 7 heteroatoms. The predicted molar refractivity (Wildman–Crippen MR) is 88.2 cm³/mol. The number of aryl methyl sites for hydroxylation is 2. The highest BCUT2D eigenvalue weighted by molar-refractivity contribution is 7.15. The third kappa shape index (κ3) is 2.53. The van der Waals surface area contributed by atoms with Crippen LogP contribution in [0, 0.1) is 0 Å². The second-order valence-electron chi connectivity index (χ2n) is 5.46. The number of anilines is 1. The molecular weight excluding hydrogens is 312 g/mol. The molecule has 6 nitrogen and oxygen atoms in total. The first-order chi connectivity index (χ1) is 11.2. The molecule has 3 aromatic rings. The molecule has 1 amide bonds. The minimum absolute atomic E-state index is 0.0156. The van der Waals surface area contributed by atoms with Crippen molar-refractivity contribution in [2.45, 2.75) is 25.7 Å². The standard InChI is InChI=1S/C16H14N4O2S/c21-14(19-16-18-11-5-1-2-6-12(11)23-16)10-9-17-13-7-3-4-8-20(13)15(10)22/h3-4,7-9H,1-2,5-6H2,(H,18,19,21). The van der Waals surface area contributed by atoms with Crippen LogP contribution in [-0.4, -0.2) is 20.3 Å². The van der Waals surface area contributed by atoms with E-state index in [-0.39, 0.29) is 11.1 Å². The van der Waals surface area contributed by atoms with Gasteiger partial charge in [-0.1, -0.05) is 6.07 Å². The molecule has 116 valence electrons. The average Bonchev–Trinajstić information content (AvgIpc) is 2.97. The quantitative estimate of drug-likeness (QED) is 0.784.